The van der Waals surface area contributed by atoms with Crippen LogP contribution in [0.2, 0.25) is 5.28 Å². The molecule has 26 heavy (non-hydrogen) atoms. The molecule has 0 unspecified atom stereocenters. The first-order valence-corrected chi connectivity index (χ1v) is 9.14. The minimum atomic E-state index is -0.234. The fourth-order valence-electron chi connectivity index (χ4n) is 2.93. The van der Waals surface area contributed by atoms with E-state index in [-0.39, 0.29) is 11.4 Å². The highest BCUT2D eigenvalue weighted by molar-refractivity contribution is 6.28. The van der Waals surface area contributed by atoms with Gasteiger partial charge in [0.1, 0.15) is 6.61 Å². The number of benzene rings is 1. The SMILES string of the molecule is O=C(OCc1ccccc1)N1CCC(CCOc2cnc(Cl)nc2)CC1. The van der Waals surface area contributed by atoms with Crippen LogP contribution in [0.25, 0.3) is 0 Å². The Morgan fingerprint density at radius 2 is 1.85 bits per heavy atom. The largest absolute Gasteiger partial charge is 0.490 e. The number of halogens is 1. The van der Waals surface area contributed by atoms with Crippen molar-refractivity contribution in [1.29, 1.82) is 0 Å². The van der Waals surface area contributed by atoms with Gasteiger partial charge >= 0.3 is 6.09 Å². The number of likely N-dealkylation sites (tertiary alicyclic amines) is 1. The second-order valence-electron chi connectivity index (χ2n) is 6.30. The molecular weight excluding hydrogens is 354 g/mol. The second-order valence-corrected chi connectivity index (χ2v) is 6.63. The number of nitrogens with zero attached hydrogens (tertiary/aromatic N) is 3. The topological polar surface area (TPSA) is 64.5 Å². The molecule has 3 rings (SSSR count). The zero-order valence-electron chi connectivity index (χ0n) is 14.5. The average Bonchev–Trinajstić information content (AvgIpc) is 2.69. The quantitative estimate of drug-likeness (QED) is 0.715. The summed E-state index contributed by atoms with van der Waals surface area (Å²) in [7, 11) is 0. The number of piperidine rings is 1. The molecule has 0 radical (unpaired) electrons. The third-order valence-corrected chi connectivity index (χ3v) is 4.66. The molecule has 1 aliphatic heterocycles. The Bertz CT molecular complexity index is 689. The van der Waals surface area contributed by atoms with Crippen LogP contribution in [0.5, 0.6) is 5.75 Å². The van der Waals surface area contributed by atoms with E-state index >= 15 is 0 Å². The minimum absolute atomic E-state index is 0.212. The van der Waals surface area contributed by atoms with Crippen LogP contribution in [0.3, 0.4) is 0 Å². The summed E-state index contributed by atoms with van der Waals surface area (Å²) in [6.07, 6.45) is 5.76. The first-order chi connectivity index (χ1) is 12.7. The number of carbonyl (C=O) groups is 1. The van der Waals surface area contributed by atoms with Gasteiger partial charge in [-0.3, -0.25) is 0 Å². The first-order valence-electron chi connectivity index (χ1n) is 8.76. The summed E-state index contributed by atoms with van der Waals surface area (Å²) in [4.78, 5) is 21.7. The lowest BCUT2D eigenvalue weighted by Crippen LogP contribution is -2.39. The van der Waals surface area contributed by atoms with Gasteiger partial charge in [-0.2, -0.15) is 0 Å². The van der Waals surface area contributed by atoms with Gasteiger partial charge in [0.25, 0.3) is 0 Å². The Hall–Kier alpha value is -2.34. The van der Waals surface area contributed by atoms with Gasteiger partial charge in [0.05, 0.1) is 19.0 Å². The number of ether oxygens (including phenoxy) is 2. The van der Waals surface area contributed by atoms with Crippen LogP contribution in [0, 0.1) is 5.92 Å². The number of hydrogen-bond acceptors (Lipinski definition) is 5. The molecule has 2 heterocycles. The molecule has 6 nitrogen and oxygen atoms in total. The Labute approximate surface area is 158 Å². The van der Waals surface area contributed by atoms with E-state index in [0.29, 0.717) is 24.9 Å². The van der Waals surface area contributed by atoms with Crippen molar-refractivity contribution in [3.05, 3.63) is 53.6 Å². The molecule has 1 aromatic carbocycles. The van der Waals surface area contributed by atoms with E-state index in [1.807, 2.05) is 30.3 Å². The molecule has 1 saturated heterocycles. The zero-order chi connectivity index (χ0) is 18.2. The lowest BCUT2D eigenvalue weighted by molar-refractivity contribution is 0.0800. The summed E-state index contributed by atoms with van der Waals surface area (Å²) in [6.45, 7) is 2.37. The Morgan fingerprint density at radius 1 is 1.15 bits per heavy atom. The smallest absolute Gasteiger partial charge is 0.410 e. The first kappa shape index (κ1) is 18.5. The zero-order valence-corrected chi connectivity index (χ0v) is 15.3. The van der Waals surface area contributed by atoms with Crippen molar-refractivity contribution in [1.82, 2.24) is 14.9 Å². The van der Waals surface area contributed by atoms with Crippen LogP contribution < -0.4 is 4.74 Å². The molecule has 0 bridgehead atoms. The molecule has 1 amide bonds. The molecule has 0 N–H and O–H groups in total. The van der Waals surface area contributed by atoms with E-state index in [0.717, 1.165) is 37.9 Å². The van der Waals surface area contributed by atoms with Gasteiger partial charge in [0, 0.05) is 13.1 Å². The van der Waals surface area contributed by atoms with E-state index in [9.17, 15) is 4.79 Å². The Morgan fingerprint density at radius 3 is 2.54 bits per heavy atom. The molecule has 1 fully saturated rings. The van der Waals surface area contributed by atoms with Crippen molar-refractivity contribution >= 4 is 17.7 Å². The maximum atomic E-state index is 12.2. The average molecular weight is 376 g/mol. The number of amides is 1. The van der Waals surface area contributed by atoms with Gasteiger partial charge in [-0.15, -0.1) is 0 Å². The summed E-state index contributed by atoms with van der Waals surface area (Å²) < 4.78 is 11.0. The van der Waals surface area contributed by atoms with Crippen LogP contribution in [-0.2, 0) is 11.3 Å². The third kappa shape index (κ3) is 5.59. The van der Waals surface area contributed by atoms with Gasteiger partial charge in [-0.25, -0.2) is 14.8 Å². The van der Waals surface area contributed by atoms with Gasteiger partial charge < -0.3 is 14.4 Å². The highest BCUT2D eigenvalue weighted by Gasteiger charge is 2.23. The summed E-state index contributed by atoms with van der Waals surface area (Å²) >= 11 is 5.64. The summed E-state index contributed by atoms with van der Waals surface area (Å²) in [5.74, 6) is 1.16. The van der Waals surface area contributed by atoms with E-state index in [1.54, 1.807) is 17.3 Å². The van der Waals surface area contributed by atoms with Crippen LogP contribution in [0.4, 0.5) is 4.79 Å². The standard InChI is InChI=1S/C19H22ClN3O3/c20-18-21-12-17(13-22-18)25-11-8-15-6-9-23(10-7-15)19(24)26-14-16-4-2-1-3-5-16/h1-5,12-13,15H,6-11,14H2. The van der Waals surface area contributed by atoms with Crippen LogP contribution in [-0.4, -0.2) is 40.7 Å². The highest BCUT2D eigenvalue weighted by Crippen LogP contribution is 2.22. The van der Waals surface area contributed by atoms with Crippen molar-refractivity contribution in [2.45, 2.75) is 25.9 Å². The summed E-state index contributed by atoms with van der Waals surface area (Å²) in [5.41, 5.74) is 0.999. The molecule has 0 aliphatic carbocycles. The molecule has 2 aromatic rings. The van der Waals surface area contributed by atoms with Crippen LogP contribution in [0.15, 0.2) is 42.7 Å². The monoisotopic (exact) mass is 375 g/mol. The van der Waals surface area contributed by atoms with Gasteiger partial charge in [-0.05, 0) is 42.3 Å². The number of aromatic nitrogens is 2. The molecule has 7 heteroatoms. The second kappa shape index (κ2) is 9.38. The fraction of sp³-hybridized carbons (Fsp3) is 0.421. The Kier molecular flexibility index (Phi) is 6.66. The Balaban J connectivity index is 1.33. The third-order valence-electron chi connectivity index (χ3n) is 4.47. The molecule has 138 valence electrons. The maximum absolute atomic E-state index is 12.2. The van der Waals surface area contributed by atoms with Crippen molar-refractivity contribution in [2.75, 3.05) is 19.7 Å². The van der Waals surface area contributed by atoms with Crippen molar-refractivity contribution < 1.29 is 14.3 Å². The number of hydrogen-bond donors (Lipinski definition) is 0. The van der Waals surface area contributed by atoms with Crippen LogP contribution >= 0.6 is 11.6 Å². The predicted molar refractivity (Wildman–Crippen MR) is 98.1 cm³/mol. The normalized spacial score (nSPS) is 14.9. The van der Waals surface area contributed by atoms with E-state index < -0.39 is 0 Å². The molecule has 0 saturated carbocycles. The number of rotatable bonds is 6. The van der Waals surface area contributed by atoms with Gasteiger partial charge in [-0.1, -0.05) is 30.3 Å². The highest BCUT2D eigenvalue weighted by atomic mass is 35.5. The predicted octanol–water partition coefficient (Wildman–Crippen LogP) is 3.95. The number of carbonyl (C=O) groups excluding carboxylic acids is 1. The van der Waals surface area contributed by atoms with Gasteiger partial charge in [0.2, 0.25) is 5.28 Å². The fourth-order valence-corrected chi connectivity index (χ4v) is 3.03. The molecule has 1 aromatic heterocycles. The van der Waals surface area contributed by atoms with Gasteiger partial charge in [0.15, 0.2) is 5.75 Å². The van der Waals surface area contributed by atoms with E-state index in [1.165, 1.54) is 0 Å². The molecular formula is C19H22ClN3O3. The molecule has 0 atom stereocenters. The molecule has 1 aliphatic rings. The van der Waals surface area contributed by atoms with Crippen LogP contribution in [0.1, 0.15) is 24.8 Å². The maximum Gasteiger partial charge on any atom is 0.410 e. The lowest BCUT2D eigenvalue weighted by Gasteiger charge is -2.31. The van der Waals surface area contributed by atoms with E-state index in [2.05, 4.69) is 9.97 Å². The molecule has 0 spiro atoms. The van der Waals surface area contributed by atoms with Crippen molar-refractivity contribution in [3.8, 4) is 5.75 Å². The lowest BCUT2D eigenvalue weighted by atomic mass is 9.94. The minimum Gasteiger partial charge on any atom is -0.490 e. The van der Waals surface area contributed by atoms with Crippen molar-refractivity contribution in [2.24, 2.45) is 5.92 Å². The van der Waals surface area contributed by atoms with Crippen molar-refractivity contribution in [3.63, 3.8) is 0 Å². The van der Waals surface area contributed by atoms with E-state index in [4.69, 9.17) is 21.1 Å². The summed E-state index contributed by atoms with van der Waals surface area (Å²) in [5, 5.41) is 0.212. The summed E-state index contributed by atoms with van der Waals surface area (Å²) in [6, 6.07) is 9.72.